The molecule has 0 aliphatic carbocycles. The topological polar surface area (TPSA) is 66.9 Å². The Morgan fingerprint density at radius 2 is 1.57 bits per heavy atom. The van der Waals surface area contributed by atoms with Crippen molar-refractivity contribution in [2.75, 3.05) is 20.2 Å². The van der Waals surface area contributed by atoms with Gasteiger partial charge in [0.15, 0.2) is 0 Å². The van der Waals surface area contributed by atoms with E-state index in [0.29, 0.717) is 38.2 Å². The van der Waals surface area contributed by atoms with Crippen LogP contribution in [0.5, 0.6) is 5.75 Å². The van der Waals surface area contributed by atoms with Crippen LogP contribution in [0.3, 0.4) is 0 Å². The summed E-state index contributed by atoms with van der Waals surface area (Å²) in [7, 11) is -2.33. The number of carbonyl (C=O) groups is 1. The second kappa shape index (κ2) is 11.1. The van der Waals surface area contributed by atoms with Crippen molar-refractivity contribution in [3.8, 4) is 5.75 Å². The summed E-state index contributed by atoms with van der Waals surface area (Å²) in [6, 6.07) is 24.9. The Kier molecular flexibility index (Phi) is 7.88. The molecule has 3 aromatic carbocycles. The first-order chi connectivity index (χ1) is 16.9. The van der Waals surface area contributed by atoms with Crippen LogP contribution in [0.15, 0.2) is 83.8 Å². The average molecular weight is 493 g/mol. The first-order valence-electron chi connectivity index (χ1n) is 11.9. The Bertz CT molecular complexity index is 1200. The smallest absolute Gasteiger partial charge is 0.246 e. The summed E-state index contributed by atoms with van der Waals surface area (Å²) >= 11 is 0. The highest BCUT2D eigenvalue weighted by Crippen LogP contribution is 2.31. The molecular formula is C28H32N2O4S. The first-order valence-corrected chi connectivity index (χ1v) is 13.3. The monoisotopic (exact) mass is 492 g/mol. The Morgan fingerprint density at radius 1 is 0.971 bits per heavy atom. The summed E-state index contributed by atoms with van der Waals surface area (Å²) in [6.45, 7) is 3.36. The molecule has 7 heteroatoms. The summed E-state index contributed by atoms with van der Waals surface area (Å²) in [5, 5.41) is 0. The number of aryl methyl sites for hydroxylation is 1. The highest BCUT2D eigenvalue weighted by Gasteiger charge is 2.36. The lowest BCUT2D eigenvalue weighted by Crippen LogP contribution is -2.46. The minimum absolute atomic E-state index is 0.0196. The zero-order chi connectivity index (χ0) is 24.8. The second-order valence-electron chi connectivity index (χ2n) is 9.02. The fourth-order valence-electron chi connectivity index (χ4n) is 4.56. The van der Waals surface area contributed by atoms with Crippen LogP contribution in [0.4, 0.5) is 0 Å². The van der Waals surface area contributed by atoms with Crippen molar-refractivity contribution in [1.82, 2.24) is 9.21 Å². The number of methoxy groups -OCH3 is 1. The van der Waals surface area contributed by atoms with Crippen molar-refractivity contribution < 1.29 is 17.9 Å². The quantitative estimate of drug-likeness (QED) is 0.460. The van der Waals surface area contributed by atoms with Gasteiger partial charge in [0.1, 0.15) is 10.6 Å². The Balaban J connectivity index is 1.57. The molecule has 3 aromatic rings. The van der Waals surface area contributed by atoms with Gasteiger partial charge in [-0.15, -0.1) is 0 Å². The predicted octanol–water partition coefficient (Wildman–Crippen LogP) is 4.63. The molecule has 4 rings (SSSR count). The molecule has 1 amide bonds. The summed E-state index contributed by atoms with van der Waals surface area (Å²) in [6.07, 6.45) is 1.30. The minimum atomic E-state index is -3.80. The van der Waals surface area contributed by atoms with Gasteiger partial charge < -0.3 is 9.64 Å². The van der Waals surface area contributed by atoms with Crippen molar-refractivity contribution in [1.29, 1.82) is 0 Å². The molecule has 0 N–H and O–H groups in total. The van der Waals surface area contributed by atoms with E-state index < -0.39 is 15.9 Å². The molecule has 35 heavy (non-hydrogen) atoms. The molecule has 1 saturated heterocycles. The van der Waals surface area contributed by atoms with E-state index in [4.69, 9.17) is 4.74 Å². The SMILES string of the molecule is COc1ccc(C)cc1S(=O)(=O)N1CCC[C@@H](C(=O)N(Cc2ccccc2)Cc2ccccc2)C1. The van der Waals surface area contributed by atoms with Gasteiger partial charge in [0, 0.05) is 26.2 Å². The Labute approximate surface area is 208 Å². The van der Waals surface area contributed by atoms with E-state index in [0.717, 1.165) is 16.7 Å². The van der Waals surface area contributed by atoms with Gasteiger partial charge in [-0.3, -0.25) is 4.79 Å². The largest absolute Gasteiger partial charge is 0.495 e. The van der Waals surface area contributed by atoms with E-state index in [1.807, 2.05) is 78.6 Å². The number of benzene rings is 3. The molecule has 184 valence electrons. The van der Waals surface area contributed by atoms with Gasteiger partial charge in [-0.1, -0.05) is 66.7 Å². The van der Waals surface area contributed by atoms with Crippen LogP contribution in [0.1, 0.15) is 29.5 Å². The fourth-order valence-corrected chi connectivity index (χ4v) is 6.33. The third-order valence-electron chi connectivity index (χ3n) is 6.41. The number of ether oxygens (including phenoxy) is 1. The van der Waals surface area contributed by atoms with E-state index in [9.17, 15) is 13.2 Å². The van der Waals surface area contributed by atoms with Crippen LogP contribution in [0.2, 0.25) is 0 Å². The molecule has 6 nitrogen and oxygen atoms in total. The third-order valence-corrected chi connectivity index (χ3v) is 8.30. The lowest BCUT2D eigenvalue weighted by atomic mass is 9.97. The highest BCUT2D eigenvalue weighted by atomic mass is 32.2. The summed E-state index contributed by atoms with van der Waals surface area (Å²) in [5.74, 6) is -0.102. The van der Waals surface area contributed by atoms with Gasteiger partial charge in [-0.2, -0.15) is 4.31 Å². The number of rotatable bonds is 8. The Hall–Kier alpha value is -3.16. The molecule has 0 radical (unpaired) electrons. The number of sulfonamides is 1. The number of carbonyl (C=O) groups excluding carboxylic acids is 1. The third kappa shape index (κ3) is 5.92. The standard InChI is InChI=1S/C28H32N2O4S/c1-22-15-16-26(34-2)27(18-22)35(32,33)30-17-9-14-25(21-30)28(31)29(19-23-10-5-3-6-11-23)20-24-12-7-4-8-13-24/h3-8,10-13,15-16,18,25H,9,14,17,19-21H2,1-2H3/t25-/m1/s1. The van der Waals surface area contributed by atoms with Crippen LogP contribution in [0, 0.1) is 12.8 Å². The highest BCUT2D eigenvalue weighted by molar-refractivity contribution is 7.89. The molecule has 1 heterocycles. The summed E-state index contributed by atoms with van der Waals surface area (Å²) in [5.41, 5.74) is 2.93. The lowest BCUT2D eigenvalue weighted by Gasteiger charge is -2.34. The van der Waals surface area contributed by atoms with Crippen LogP contribution in [0.25, 0.3) is 0 Å². The first kappa shape index (κ1) is 24.9. The lowest BCUT2D eigenvalue weighted by molar-refractivity contribution is -0.138. The van der Waals surface area contributed by atoms with Gasteiger partial charge in [0.05, 0.1) is 13.0 Å². The summed E-state index contributed by atoms with van der Waals surface area (Å²) in [4.78, 5) is 15.8. The summed E-state index contributed by atoms with van der Waals surface area (Å²) < 4.78 is 33.9. The van der Waals surface area contributed by atoms with Gasteiger partial charge in [-0.25, -0.2) is 8.42 Å². The second-order valence-corrected chi connectivity index (χ2v) is 10.9. The molecule has 0 spiro atoms. The maximum atomic E-state index is 13.8. The fraction of sp³-hybridized carbons (Fsp3) is 0.321. The maximum absolute atomic E-state index is 13.8. The minimum Gasteiger partial charge on any atom is -0.495 e. The molecular weight excluding hydrogens is 460 g/mol. The molecule has 1 aliphatic rings. The average Bonchev–Trinajstić information content (AvgIpc) is 2.89. The molecule has 0 bridgehead atoms. The van der Waals surface area contributed by atoms with Crippen molar-refractivity contribution in [2.24, 2.45) is 5.92 Å². The van der Waals surface area contributed by atoms with E-state index in [-0.39, 0.29) is 17.3 Å². The van der Waals surface area contributed by atoms with E-state index in [1.165, 1.54) is 11.4 Å². The number of amides is 1. The number of piperidine rings is 1. The predicted molar refractivity (Wildman–Crippen MR) is 136 cm³/mol. The number of nitrogens with zero attached hydrogens (tertiary/aromatic N) is 2. The molecule has 0 aromatic heterocycles. The molecule has 1 fully saturated rings. The van der Waals surface area contributed by atoms with Crippen LogP contribution in [-0.4, -0.2) is 43.7 Å². The Morgan fingerprint density at radius 3 is 2.14 bits per heavy atom. The molecule has 0 saturated carbocycles. The van der Waals surface area contributed by atoms with Crippen molar-refractivity contribution in [3.63, 3.8) is 0 Å². The van der Waals surface area contributed by atoms with Crippen molar-refractivity contribution in [3.05, 3.63) is 95.6 Å². The molecule has 0 unspecified atom stereocenters. The van der Waals surface area contributed by atoms with Gasteiger partial charge >= 0.3 is 0 Å². The van der Waals surface area contributed by atoms with Crippen LogP contribution < -0.4 is 4.74 Å². The van der Waals surface area contributed by atoms with Crippen LogP contribution >= 0.6 is 0 Å². The normalized spacial score (nSPS) is 16.6. The number of hydrogen-bond acceptors (Lipinski definition) is 4. The van der Waals surface area contributed by atoms with Gasteiger partial charge in [0.2, 0.25) is 15.9 Å². The van der Waals surface area contributed by atoms with Crippen molar-refractivity contribution >= 4 is 15.9 Å². The maximum Gasteiger partial charge on any atom is 0.246 e. The van der Waals surface area contributed by atoms with E-state index in [2.05, 4.69) is 0 Å². The van der Waals surface area contributed by atoms with Crippen molar-refractivity contribution in [2.45, 2.75) is 37.8 Å². The van der Waals surface area contributed by atoms with Crippen LogP contribution in [-0.2, 0) is 27.9 Å². The zero-order valence-corrected chi connectivity index (χ0v) is 21.1. The van der Waals surface area contributed by atoms with E-state index in [1.54, 1.807) is 12.1 Å². The zero-order valence-electron chi connectivity index (χ0n) is 20.3. The van der Waals surface area contributed by atoms with Gasteiger partial charge in [0.25, 0.3) is 0 Å². The molecule has 1 aliphatic heterocycles. The van der Waals surface area contributed by atoms with E-state index >= 15 is 0 Å². The molecule has 1 atom stereocenters. The van der Waals surface area contributed by atoms with Gasteiger partial charge in [-0.05, 0) is 48.6 Å². The number of hydrogen-bond donors (Lipinski definition) is 0.